The summed E-state index contributed by atoms with van der Waals surface area (Å²) in [4.78, 5) is 29.2. The van der Waals surface area contributed by atoms with E-state index in [-0.39, 0.29) is 25.6 Å². The van der Waals surface area contributed by atoms with Crippen LogP contribution in [-0.2, 0) is 9.53 Å². The maximum atomic E-state index is 12.2. The summed E-state index contributed by atoms with van der Waals surface area (Å²) in [5.41, 5.74) is 1.06. The molecular formula is C14H18N2O3. The standard InChI is InChI=1S/C14H18N2O3/c1-4-9-16(10-13(17)19-5-2)14(18)12-8-6-7-11(3)15-12/h4,6-8H,1,5,9-10H2,2-3H3. The topological polar surface area (TPSA) is 59.5 Å². The van der Waals surface area contributed by atoms with Gasteiger partial charge in [0.25, 0.3) is 5.91 Å². The van der Waals surface area contributed by atoms with Crippen molar-refractivity contribution >= 4 is 11.9 Å². The Balaban J connectivity index is 2.83. The molecule has 0 unspecified atom stereocenters. The minimum atomic E-state index is -0.439. The molecule has 0 saturated carbocycles. The Kier molecular flexibility index (Phi) is 5.73. The van der Waals surface area contributed by atoms with E-state index < -0.39 is 5.97 Å². The lowest BCUT2D eigenvalue weighted by atomic mass is 10.2. The van der Waals surface area contributed by atoms with E-state index in [1.165, 1.54) is 4.90 Å². The van der Waals surface area contributed by atoms with E-state index in [4.69, 9.17) is 4.74 Å². The third kappa shape index (κ3) is 4.54. The first kappa shape index (κ1) is 14.9. The van der Waals surface area contributed by atoms with E-state index in [0.29, 0.717) is 5.69 Å². The molecule has 0 aromatic carbocycles. The lowest BCUT2D eigenvalue weighted by molar-refractivity contribution is -0.143. The molecule has 0 aliphatic heterocycles. The second-order valence-corrected chi connectivity index (χ2v) is 3.94. The van der Waals surface area contributed by atoms with E-state index in [1.807, 2.05) is 0 Å². The summed E-state index contributed by atoms with van der Waals surface area (Å²) in [5, 5.41) is 0. The van der Waals surface area contributed by atoms with Gasteiger partial charge >= 0.3 is 5.97 Å². The maximum Gasteiger partial charge on any atom is 0.325 e. The minimum Gasteiger partial charge on any atom is -0.465 e. The van der Waals surface area contributed by atoms with Crippen molar-refractivity contribution in [1.29, 1.82) is 0 Å². The highest BCUT2D eigenvalue weighted by molar-refractivity contribution is 5.94. The van der Waals surface area contributed by atoms with Gasteiger partial charge in [0.2, 0.25) is 0 Å². The third-order valence-electron chi connectivity index (χ3n) is 2.37. The normalized spacial score (nSPS) is 9.79. The predicted molar refractivity (Wildman–Crippen MR) is 71.7 cm³/mol. The van der Waals surface area contributed by atoms with Crippen LogP contribution < -0.4 is 0 Å². The number of carbonyl (C=O) groups is 2. The fraction of sp³-hybridized carbons (Fsp3) is 0.357. The molecule has 0 radical (unpaired) electrons. The molecule has 0 bridgehead atoms. The molecule has 0 atom stereocenters. The molecule has 1 heterocycles. The minimum absolute atomic E-state index is 0.103. The average molecular weight is 262 g/mol. The van der Waals surface area contributed by atoms with E-state index in [2.05, 4.69) is 11.6 Å². The van der Waals surface area contributed by atoms with Crippen LogP contribution in [-0.4, -0.2) is 41.5 Å². The summed E-state index contributed by atoms with van der Waals surface area (Å²) in [6, 6.07) is 5.18. The zero-order chi connectivity index (χ0) is 14.3. The number of carbonyl (C=O) groups excluding carboxylic acids is 2. The Morgan fingerprint density at radius 1 is 1.47 bits per heavy atom. The smallest absolute Gasteiger partial charge is 0.325 e. The summed E-state index contributed by atoms with van der Waals surface area (Å²) in [6.45, 7) is 7.57. The van der Waals surface area contributed by atoms with Crippen LogP contribution in [0.15, 0.2) is 30.9 Å². The third-order valence-corrected chi connectivity index (χ3v) is 2.37. The van der Waals surface area contributed by atoms with Crippen LogP contribution in [0.3, 0.4) is 0 Å². The van der Waals surface area contributed by atoms with Gasteiger partial charge in [-0.05, 0) is 26.0 Å². The molecule has 1 rings (SSSR count). The first-order valence-corrected chi connectivity index (χ1v) is 6.08. The van der Waals surface area contributed by atoms with Crippen molar-refractivity contribution in [2.75, 3.05) is 19.7 Å². The summed E-state index contributed by atoms with van der Waals surface area (Å²) >= 11 is 0. The van der Waals surface area contributed by atoms with E-state index in [1.54, 1.807) is 38.1 Å². The fourth-order valence-corrected chi connectivity index (χ4v) is 1.56. The molecule has 1 amide bonds. The molecule has 1 aromatic heterocycles. The van der Waals surface area contributed by atoms with Crippen LogP contribution in [0.5, 0.6) is 0 Å². The molecule has 0 fully saturated rings. The highest BCUT2D eigenvalue weighted by atomic mass is 16.5. The van der Waals surface area contributed by atoms with Gasteiger partial charge in [-0.1, -0.05) is 12.1 Å². The van der Waals surface area contributed by atoms with Crippen LogP contribution in [0.25, 0.3) is 0 Å². The zero-order valence-corrected chi connectivity index (χ0v) is 11.3. The molecule has 0 aliphatic carbocycles. The van der Waals surface area contributed by atoms with Crippen LogP contribution in [0.4, 0.5) is 0 Å². The van der Waals surface area contributed by atoms with Crippen molar-refractivity contribution in [2.24, 2.45) is 0 Å². The first-order chi connectivity index (χ1) is 9.08. The van der Waals surface area contributed by atoms with Crippen molar-refractivity contribution in [3.63, 3.8) is 0 Å². The molecule has 5 heteroatoms. The maximum absolute atomic E-state index is 12.2. The molecule has 1 aromatic rings. The van der Waals surface area contributed by atoms with Crippen molar-refractivity contribution in [2.45, 2.75) is 13.8 Å². The number of hydrogen-bond donors (Lipinski definition) is 0. The Bertz CT molecular complexity index is 472. The molecular weight excluding hydrogens is 244 g/mol. The number of nitrogens with zero attached hydrogens (tertiary/aromatic N) is 2. The van der Waals surface area contributed by atoms with Gasteiger partial charge in [-0.2, -0.15) is 0 Å². The van der Waals surface area contributed by atoms with Gasteiger partial charge in [0, 0.05) is 12.2 Å². The SMILES string of the molecule is C=CCN(CC(=O)OCC)C(=O)c1cccc(C)n1. The number of aromatic nitrogens is 1. The van der Waals surface area contributed by atoms with Crippen molar-refractivity contribution in [3.05, 3.63) is 42.2 Å². The highest BCUT2D eigenvalue weighted by Gasteiger charge is 2.19. The van der Waals surface area contributed by atoms with Crippen molar-refractivity contribution < 1.29 is 14.3 Å². The van der Waals surface area contributed by atoms with Gasteiger partial charge in [0.1, 0.15) is 12.2 Å². The number of esters is 1. The average Bonchev–Trinajstić information content (AvgIpc) is 2.37. The number of aryl methyl sites for hydroxylation is 1. The summed E-state index contributed by atoms with van der Waals surface area (Å²) in [7, 11) is 0. The molecule has 0 N–H and O–H groups in total. The molecule has 0 spiro atoms. The highest BCUT2D eigenvalue weighted by Crippen LogP contribution is 2.04. The fourth-order valence-electron chi connectivity index (χ4n) is 1.56. The quantitative estimate of drug-likeness (QED) is 0.577. The van der Waals surface area contributed by atoms with Crippen LogP contribution >= 0.6 is 0 Å². The molecule has 0 saturated heterocycles. The van der Waals surface area contributed by atoms with Crippen molar-refractivity contribution in [1.82, 2.24) is 9.88 Å². The van der Waals surface area contributed by atoms with Gasteiger partial charge in [-0.3, -0.25) is 9.59 Å². The zero-order valence-electron chi connectivity index (χ0n) is 11.3. The van der Waals surface area contributed by atoms with Gasteiger partial charge < -0.3 is 9.64 Å². The Morgan fingerprint density at radius 2 is 2.21 bits per heavy atom. The number of pyridine rings is 1. The van der Waals surface area contributed by atoms with Gasteiger partial charge in [-0.25, -0.2) is 4.98 Å². The number of rotatable bonds is 6. The largest absolute Gasteiger partial charge is 0.465 e. The molecule has 5 nitrogen and oxygen atoms in total. The summed E-state index contributed by atoms with van der Waals surface area (Å²) in [6.07, 6.45) is 1.56. The predicted octanol–water partition coefficient (Wildman–Crippen LogP) is 1.58. The molecule has 19 heavy (non-hydrogen) atoms. The van der Waals surface area contributed by atoms with Gasteiger partial charge in [0.15, 0.2) is 0 Å². The Hall–Kier alpha value is -2.17. The van der Waals surface area contributed by atoms with Crippen LogP contribution in [0.1, 0.15) is 23.1 Å². The summed E-state index contributed by atoms with van der Waals surface area (Å²) in [5.74, 6) is -0.748. The van der Waals surface area contributed by atoms with Crippen LogP contribution in [0.2, 0.25) is 0 Å². The van der Waals surface area contributed by atoms with E-state index >= 15 is 0 Å². The second kappa shape index (κ2) is 7.31. The summed E-state index contributed by atoms with van der Waals surface area (Å²) < 4.78 is 4.84. The number of amides is 1. The van der Waals surface area contributed by atoms with E-state index in [0.717, 1.165) is 5.69 Å². The lowest BCUT2D eigenvalue weighted by Crippen LogP contribution is -2.37. The lowest BCUT2D eigenvalue weighted by Gasteiger charge is -2.19. The monoisotopic (exact) mass is 262 g/mol. The number of ether oxygens (including phenoxy) is 1. The second-order valence-electron chi connectivity index (χ2n) is 3.94. The first-order valence-electron chi connectivity index (χ1n) is 6.08. The number of hydrogen-bond acceptors (Lipinski definition) is 4. The van der Waals surface area contributed by atoms with Crippen LogP contribution in [0, 0.1) is 6.92 Å². The van der Waals surface area contributed by atoms with Gasteiger partial charge in [0.05, 0.1) is 6.61 Å². The van der Waals surface area contributed by atoms with Gasteiger partial charge in [-0.15, -0.1) is 6.58 Å². The molecule has 0 aliphatic rings. The van der Waals surface area contributed by atoms with E-state index in [9.17, 15) is 9.59 Å². The van der Waals surface area contributed by atoms with Crippen molar-refractivity contribution in [3.8, 4) is 0 Å². The molecule has 102 valence electrons. The Morgan fingerprint density at radius 3 is 2.79 bits per heavy atom. The Labute approximate surface area is 112 Å².